The SMILES string of the molecule is O=S(=O)([O-])O.O=S(=O)([O-])O.[O-2].[O-2].[W]. The molecule has 86 valence electrons. The Hall–Kier alpha value is 0.348. The van der Waals surface area contributed by atoms with E-state index >= 15 is 0 Å². The Labute approximate surface area is 88.0 Å². The van der Waals surface area contributed by atoms with E-state index in [9.17, 15) is 0 Å². The van der Waals surface area contributed by atoms with E-state index in [1.165, 1.54) is 0 Å². The Morgan fingerprint density at radius 3 is 0.769 bits per heavy atom. The third-order valence-electron chi connectivity index (χ3n) is 0. The van der Waals surface area contributed by atoms with Crippen molar-refractivity contribution in [3.05, 3.63) is 0 Å². The molecule has 2 N–H and O–H groups in total. The van der Waals surface area contributed by atoms with Crippen molar-refractivity contribution in [3.8, 4) is 0 Å². The van der Waals surface area contributed by atoms with E-state index in [0.29, 0.717) is 0 Å². The average molecular weight is 410 g/mol. The van der Waals surface area contributed by atoms with Crippen LogP contribution >= 0.6 is 0 Å². The molecule has 10 nitrogen and oxygen atoms in total. The minimum absolute atomic E-state index is 0. The summed E-state index contributed by atoms with van der Waals surface area (Å²) in [4.78, 5) is 0. The van der Waals surface area contributed by atoms with Gasteiger partial charge < -0.3 is 20.1 Å². The third kappa shape index (κ3) is 10900. The van der Waals surface area contributed by atoms with Gasteiger partial charge in [-0.25, -0.2) is 16.8 Å². The van der Waals surface area contributed by atoms with Crippen LogP contribution in [-0.4, -0.2) is 35.0 Å². The second-order valence-corrected chi connectivity index (χ2v) is 2.57. The molecule has 0 aliphatic heterocycles. The van der Waals surface area contributed by atoms with Gasteiger partial charge in [0, 0.05) is 21.1 Å². The molecule has 0 aliphatic carbocycles. The van der Waals surface area contributed by atoms with Gasteiger partial charge in [-0.1, -0.05) is 0 Å². The number of hydrogen-bond acceptors (Lipinski definition) is 6. The molecule has 0 bridgehead atoms. The molecule has 0 spiro atoms. The molecule has 13 heteroatoms. The maximum Gasteiger partial charge on any atom is 0.215 e. The molecule has 0 heterocycles. The van der Waals surface area contributed by atoms with Crippen LogP contribution in [0.3, 0.4) is 0 Å². The van der Waals surface area contributed by atoms with Gasteiger partial charge in [0.2, 0.25) is 20.8 Å². The molecule has 0 saturated heterocycles. The van der Waals surface area contributed by atoms with Crippen LogP contribution in [0.4, 0.5) is 0 Å². The van der Waals surface area contributed by atoms with E-state index in [1.807, 2.05) is 0 Å². The fraction of sp³-hybridized carbons (Fsp3) is 0. The minimum atomic E-state index is -4.92. The summed E-state index contributed by atoms with van der Waals surface area (Å²) in [7, 11) is -9.83. The molecule has 0 aromatic carbocycles. The van der Waals surface area contributed by atoms with Crippen LogP contribution in [0, 0.1) is 0 Å². The second-order valence-electron chi connectivity index (χ2n) is 0.855. The zero-order chi connectivity index (χ0) is 9.00. The van der Waals surface area contributed by atoms with E-state index < -0.39 is 20.8 Å². The predicted octanol–water partition coefficient (Wildman–Crippen LogP) is -2.23. The van der Waals surface area contributed by atoms with Crippen molar-refractivity contribution in [2.45, 2.75) is 0 Å². The van der Waals surface area contributed by atoms with Gasteiger partial charge in [-0.2, -0.15) is 0 Å². The second kappa shape index (κ2) is 10.4. The van der Waals surface area contributed by atoms with Crippen molar-refractivity contribution in [2.24, 2.45) is 0 Å². The molecule has 0 amide bonds. The molecule has 0 aromatic heterocycles. The largest absolute Gasteiger partial charge is 2.00 e. The van der Waals surface area contributed by atoms with Crippen LogP contribution < -0.4 is 0 Å². The topological polar surface area (TPSA) is 212 Å². The Balaban J connectivity index is -0.0000000267. The molecular weight excluding hydrogens is 408 g/mol. The molecule has 0 fully saturated rings. The molecule has 0 radical (unpaired) electrons. The van der Waals surface area contributed by atoms with Crippen molar-refractivity contribution in [2.75, 3.05) is 0 Å². The van der Waals surface area contributed by atoms with E-state index in [0.717, 1.165) is 0 Å². The summed E-state index contributed by atoms with van der Waals surface area (Å²) in [6.07, 6.45) is 0. The molecule has 0 rings (SSSR count). The summed E-state index contributed by atoms with van der Waals surface area (Å²) in [5.41, 5.74) is 0. The van der Waals surface area contributed by atoms with Crippen LogP contribution in [-0.2, 0) is 52.8 Å². The van der Waals surface area contributed by atoms with Crippen molar-refractivity contribution < 1.29 is 67.1 Å². The van der Waals surface area contributed by atoms with Crippen LogP contribution in [0.25, 0.3) is 0 Å². The zero-order valence-corrected chi connectivity index (χ0v) is 9.95. The maximum absolute atomic E-state index is 8.63. The summed E-state index contributed by atoms with van der Waals surface area (Å²) < 4.78 is 65.7. The Morgan fingerprint density at radius 1 is 0.769 bits per heavy atom. The van der Waals surface area contributed by atoms with Crippen molar-refractivity contribution in [3.63, 3.8) is 0 Å². The van der Waals surface area contributed by atoms with Crippen LogP contribution in [0.2, 0.25) is 0 Å². The van der Waals surface area contributed by atoms with Gasteiger partial charge in [0.15, 0.2) is 0 Å². The van der Waals surface area contributed by atoms with Crippen molar-refractivity contribution >= 4 is 20.8 Å². The first-order valence-electron chi connectivity index (χ1n) is 1.37. The minimum Gasteiger partial charge on any atom is -2.00 e. The molecule has 0 saturated carbocycles. The quantitative estimate of drug-likeness (QED) is 0.329. The van der Waals surface area contributed by atoms with E-state index in [1.54, 1.807) is 0 Å². The van der Waals surface area contributed by atoms with Crippen molar-refractivity contribution in [1.29, 1.82) is 0 Å². The Morgan fingerprint density at radius 2 is 0.769 bits per heavy atom. The van der Waals surface area contributed by atoms with E-state index in [2.05, 4.69) is 0 Å². The summed E-state index contributed by atoms with van der Waals surface area (Å²) in [5, 5.41) is 0. The molecule has 0 aliphatic rings. The van der Waals surface area contributed by atoms with Crippen LogP contribution in [0.1, 0.15) is 0 Å². The van der Waals surface area contributed by atoms with Gasteiger partial charge >= 0.3 is 0 Å². The summed E-state index contributed by atoms with van der Waals surface area (Å²) in [5.74, 6) is 0. The Bertz CT molecular complexity index is 209. The van der Waals surface area contributed by atoms with Gasteiger partial charge in [0.05, 0.1) is 0 Å². The number of rotatable bonds is 0. The summed E-state index contributed by atoms with van der Waals surface area (Å²) >= 11 is 0. The molecule has 0 unspecified atom stereocenters. The fourth-order valence-corrected chi connectivity index (χ4v) is 0. The molecule has 0 atom stereocenters. The Kier molecular flexibility index (Phi) is 23.4. The van der Waals surface area contributed by atoms with Gasteiger partial charge in [-0.05, 0) is 0 Å². The summed E-state index contributed by atoms with van der Waals surface area (Å²) in [6, 6.07) is 0. The molecule has 0 aromatic rings. The van der Waals surface area contributed by atoms with Crippen LogP contribution in [0.5, 0.6) is 0 Å². The van der Waals surface area contributed by atoms with Gasteiger partial charge in [-0.3, -0.25) is 9.11 Å². The maximum atomic E-state index is 8.63. The molecular formula is H2O10S2W-6. The first-order valence-corrected chi connectivity index (χ1v) is 4.10. The number of hydrogen-bond donors (Lipinski definition) is 2. The first-order chi connectivity index (χ1) is 4.00. The van der Waals surface area contributed by atoms with E-state index in [4.69, 9.17) is 35.0 Å². The smallest absolute Gasteiger partial charge is 0.215 e. The average Bonchev–Trinajstić information content (AvgIpc) is 1.12. The zero-order valence-electron chi connectivity index (χ0n) is 5.39. The van der Waals surface area contributed by atoms with Gasteiger partial charge in [0.25, 0.3) is 0 Å². The van der Waals surface area contributed by atoms with Gasteiger partial charge in [0.1, 0.15) is 0 Å². The first kappa shape index (κ1) is 29.2. The monoisotopic (exact) mass is 410 g/mol. The van der Waals surface area contributed by atoms with E-state index in [-0.39, 0.29) is 32.0 Å². The summed E-state index contributed by atoms with van der Waals surface area (Å²) in [6.45, 7) is 0. The predicted molar refractivity (Wildman–Crippen MR) is 26.0 cm³/mol. The fourth-order valence-electron chi connectivity index (χ4n) is 0. The molecule has 13 heavy (non-hydrogen) atoms. The van der Waals surface area contributed by atoms with Crippen molar-refractivity contribution in [1.82, 2.24) is 0 Å². The van der Waals surface area contributed by atoms with Gasteiger partial charge in [-0.15, -0.1) is 0 Å². The van der Waals surface area contributed by atoms with Crippen LogP contribution in [0.15, 0.2) is 0 Å². The standard InChI is InChI=1S/2H2O4S.2O.W/c2*1-5(2,3)4;;;/h2*(H2,1,2,3,4);;;/q;;2*-2;/p-2. The third-order valence-corrected chi connectivity index (χ3v) is 0. The normalized spacial score (nSPS) is 8.92.